The van der Waals surface area contributed by atoms with E-state index in [-0.39, 0.29) is 16.6 Å². The zero-order chi connectivity index (χ0) is 19.9. The molecule has 9 nitrogen and oxygen atoms in total. The molecule has 0 unspecified atom stereocenters. The smallest absolute Gasteiger partial charge is 0.294 e. The van der Waals surface area contributed by atoms with E-state index >= 15 is 0 Å². The zero-order valence-corrected chi connectivity index (χ0v) is 14.9. The number of aromatic amines is 1. The molecule has 10 heteroatoms. The van der Waals surface area contributed by atoms with Gasteiger partial charge in [-0.3, -0.25) is 14.3 Å². The number of pyridine rings is 2. The molecule has 28 heavy (non-hydrogen) atoms. The Balaban J connectivity index is 1.82. The molecule has 0 spiro atoms. The van der Waals surface area contributed by atoms with E-state index in [1.807, 2.05) is 6.07 Å². The van der Waals surface area contributed by atoms with E-state index in [0.29, 0.717) is 5.69 Å². The van der Waals surface area contributed by atoms with Crippen molar-refractivity contribution < 1.29 is 18.1 Å². The van der Waals surface area contributed by atoms with E-state index in [1.54, 1.807) is 30.5 Å². The van der Waals surface area contributed by atoms with E-state index in [9.17, 15) is 22.9 Å². The van der Waals surface area contributed by atoms with E-state index in [0.717, 1.165) is 23.0 Å². The van der Waals surface area contributed by atoms with Gasteiger partial charge in [0.15, 0.2) is 11.4 Å². The van der Waals surface area contributed by atoms with Crippen LogP contribution in [0, 0.1) is 0 Å². The molecule has 0 atom stereocenters. The van der Waals surface area contributed by atoms with Gasteiger partial charge in [0, 0.05) is 17.0 Å². The summed E-state index contributed by atoms with van der Waals surface area (Å²) in [7, 11) is -4.47. The number of aromatic hydroxyl groups is 1. The standard InChI is InChI=1S/C18H12N4O5S/c23-17-13-9-12(28(25,26)27)4-6-15(13)20-18(24)16(17)22-21-11-3-5-14-10(8-11)2-1-7-19-14/h1-9H,(H2,20,23,24)(H,25,26,27)/b22-21+. The fraction of sp³-hybridized carbons (Fsp3) is 0. The summed E-state index contributed by atoms with van der Waals surface area (Å²) < 4.78 is 31.8. The SMILES string of the molecule is O=c1[nH]c2ccc(S(=O)(=O)O)cc2c(O)c1/N=N/c1ccc2ncccc2c1. The first-order valence-electron chi connectivity index (χ1n) is 7.96. The van der Waals surface area contributed by atoms with Gasteiger partial charge in [0.05, 0.1) is 21.6 Å². The van der Waals surface area contributed by atoms with Crippen molar-refractivity contribution >= 4 is 43.3 Å². The van der Waals surface area contributed by atoms with Crippen molar-refractivity contribution in [1.82, 2.24) is 9.97 Å². The van der Waals surface area contributed by atoms with Gasteiger partial charge in [-0.1, -0.05) is 6.07 Å². The number of nitrogens with one attached hydrogen (secondary N) is 1. The molecular weight excluding hydrogens is 384 g/mol. The minimum atomic E-state index is -4.47. The van der Waals surface area contributed by atoms with Gasteiger partial charge in [-0.15, -0.1) is 5.11 Å². The lowest BCUT2D eigenvalue weighted by molar-refractivity contribution is 0.480. The Morgan fingerprint density at radius 3 is 2.64 bits per heavy atom. The van der Waals surface area contributed by atoms with E-state index in [2.05, 4.69) is 20.2 Å². The van der Waals surface area contributed by atoms with Gasteiger partial charge >= 0.3 is 0 Å². The Kier molecular flexibility index (Phi) is 4.13. The van der Waals surface area contributed by atoms with Crippen LogP contribution < -0.4 is 5.56 Å². The minimum Gasteiger partial charge on any atom is -0.505 e. The first-order valence-corrected chi connectivity index (χ1v) is 9.40. The van der Waals surface area contributed by atoms with E-state index in [1.165, 1.54) is 6.07 Å². The highest BCUT2D eigenvalue weighted by Crippen LogP contribution is 2.33. The van der Waals surface area contributed by atoms with Crippen LogP contribution in [0.1, 0.15) is 0 Å². The molecule has 0 saturated heterocycles. The summed E-state index contributed by atoms with van der Waals surface area (Å²) >= 11 is 0. The summed E-state index contributed by atoms with van der Waals surface area (Å²) in [5.74, 6) is -0.546. The maximum Gasteiger partial charge on any atom is 0.294 e. The molecule has 0 aliphatic heterocycles. The zero-order valence-electron chi connectivity index (χ0n) is 14.1. The summed E-state index contributed by atoms with van der Waals surface area (Å²) in [4.78, 5) is 18.5. The number of hydrogen-bond donors (Lipinski definition) is 3. The highest BCUT2D eigenvalue weighted by Gasteiger charge is 2.16. The summed E-state index contributed by atoms with van der Waals surface area (Å²) in [5.41, 5.74) is 0.310. The van der Waals surface area contributed by atoms with Crippen LogP contribution in [0.25, 0.3) is 21.8 Å². The lowest BCUT2D eigenvalue weighted by Crippen LogP contribution is -2.06. The summed E-state index contributed by atoms with van der Waals surface area (Å²) in [6.45, 7) is 0. The average Bonchev–Trinajstić information content (AvgIpc) is 2.66. The van der Waals surface area contributed by atoms with Crippen molar-refractivity contribution in [3.63, 3.8) is 0 Å². The van der Waals surface area contributed by atoms with Crippen molar-refractivity contribution in [3.8, 4) is 5.75 Å². The molecule has 0 radical (unpaired) electrons. The molecule has 3 N–H and O–H groups in total. The Hall–Kier alpha value is -3.63. The maximum atomic E-state index is 12.2. The Morgan fingerprint density at radius 1 is 1.04 bits per heavy atom. The Morgan fingerprint density at radius 2 is 1.86 bits per heavy atom. The second kappa shape index (κ2) is 6.51. The molecule has 4 aromatic rings. The number of rotatable bonds is 3. The third kappa shape index (κ3) is 3.21. The third-order valence-electron chi connectivity index (χ3n) is 4.08. The van der Waals surface area contributed by atoms with Crippen molar-refractivity contribution in [2.45, 2.75) is 4.90 Å². The lowest BCUT2D eigenvalue weighted by Gasteiger charge is -2.05. The number of aromatic nitrogens is 2. The van der Waals surface area contributed by atoms with E-state index < -0.39 is 26.3 Å². The third-order valence-corrected chi connectivity index (χ3v) is 4.93. The van der Waals surface area contributed by atoms with E-state index in [4.69, 9.17) is 0 Å². The molecule has 2 aromatic heterocycles. The molecule has 0 saturated carbocycles. The monoisotopic (exact) mass is 396 g/mol. The number of azo groups is 1. The largest absolute Gasteiger partial charge is 0.505 e. The summed E-state index contributed by atoms with van der Waals surface area (Å²) in [6.07, 6.45) is 1.66. The molecule has 2 aromatic carbocycles. The van der Waals surface area contributed by atoms with Crippen molar-refractivity contribution in [3.05, 3.63) is 65.1 Å². The Labute approximate surface area is 157 Å². The predicted octanol–water partition coefficient (Wildman–Crippen LogP) is 3.44. The van der Waals surface area contributed by atoms with Crippen molar-refractivity contribution in [2.24, 2.45) is 10.2 Å². The van der Waals surface area contributed by atoms with Gasteiger partial charge in [0.25, 0.3) is 15.7 Å². The highest BCUT2D eigenvalue weighted by molar-refractivity contribution is 7.85. The van der Waals surface area contributed by atoms with Gasteiger partial charge in [-0.2, -0.15) is 13.5 Å². The molecule has 0 fully saturated rings. The predicted molar refractivity (Wildman–Crippen MR) is 102 cm³/mol. The highest BCUT2D eigenvalue weighted by atomic mass is 32.2. The quantitative estimate of drug-likeness (QED) is 0.357. The first-order chi connectivity index (χ1) is 13.3. The second-order valence-corrected chi connectivity index (χ2v) is 7.34. The van der Waals surface area contributed by atoms with Crippen LogP contribution in [0.5, 0.6) is 5.75 Å². The fourth-order valence-corrected chi connectivity index (χ4v) is 3.24. The summed E-state index contributed by atoms with van der Waals surface area (Å²) in [6, 6.07) is 12.1. The normalized spacial score (nSPS) is 12.2. The topological polar surface area (TPSA) is 145 Å². The average molecular weight is 396 g/mol. The first kappa shape index (κ1) is 17.8. The molecule has 140 valence electrons. The van der Waals surface area contributed by atoms with Crippen LogP contribution in [0.3, 0.4) is 0 Å². The van der Waals surface area contributed by atoms with Gasteiger partial charge in [0.1, 0.15) is 0 Å². The van der Waals surface area contributed by atoms with Crippen molar-refractivity contribution in [2.75, 3.05) is 0 Å². The van der Waals surface area contributed by atoms with Crippen LogP contribution in [0.4, 0.5) is 11.4 Å². The van der Waals surface area contributed by atoms with Crippen molar-refractivity contribution in [1.29, 1.82) is 0 Å². The number of benzene rings is 2. The molecule has 0 amide bonds. The molecule has 0 aliphatic carbocycles. The second-order valence-electron chi connectivity index (χ2n) is 5.91. The molecule has 0 bridgehead atoms. The number of hydrogen-bond acceptors (Lipinski definition) is 7. The fourth-order valence-electron chi connectivity index (χ4n) is 2.73. The lowest BCUT2D eigenvalue weighted by atomic mass is 10.2. The van der Waals surface area contributed by atoms with Gasteiger partial charge in [0.2, 0.25) is 0 Å². The maximum absolute atomic E-state index is 12.2. The van der Waals surface area contributed by atoms with Gasteiger partial charge < -0.3 is 10.1 Å². The van der Waals surface area contributed by atoms with Crippen LogP contribution >= 0.6 is 0 Å². The number of nitrogens with zero attached hydrogens (tertiary/aromatic N) is 3. The van der Waals surface area contributed by atoms with Gasteiger partial charge in [-0.25, -0.2) is 0 Å². The summed E-state index contributed by atoms with van der Waals surface area (Å²) in [5, 5.41) is 19.0. The molecular formula is C18H12N4O5S. The van der Waals surface area contributed by atoms with Gasteiger partial charge in [-0.05, 0) is 42.5 Å². The Bertz CT molecular complexity index is 1430. The minimum absolute atomic E-state index is 0.00591. The molecule has 2 heterocycles. The number of H-pyrrole nitrogens is 1. The van der Waals surface area contributed by atoms with Crippen LogP contribution in [-0.4, -0.2) is 28.0 Å². The van der Waals surface area contributed by atoms with Crippen LogP contribution in [-0.2, 0) is 10.1 Å². The van der Waals surface area contributed by atoms with Crippen LogP contribution in [0.15, 0.2) is 74.6 Å². The number of fused-ring (bicyclic) bond motifs is 2. The molecule has 0 aliphatic rings. The van der Waals surface area contributed by atoms with Crippen LogP contribution in [0.2, 0.25) is 0 Å². The molecule has 4 rings (SSSR count).